The number of aliphatic hydroxyl groups excluding tert-OH is 2. The maximum absolute atomic E-state index is 11.0. The van der Waals surface area contributed by atoms with Crippen molar-refractivity contribution in [3.63, 3.8) is 0 Å². The lowest BCUT2D eigenvalue weighted by molar-refractivity contribution is -0.144. The topological polar surface area (TPSA) is 136 Å². The van der Waals surface area contributed by atoms with Crippen molar-refractivity contribution in [1.29, 1.82) is 0 Å². The first-order chi connectivity index (χ1) is 15.7. The minimum absolute atomic E-state index is 0. The quantitative estimate of drug-likeness (QED) is 0.193. The van der Waals surface area contributed by atoms with Gasteiger partial charge in [-0.15, -0.1) is 0 Å². The summed E-state index contributed by atoms with van der Waals surface area (Å²) in [7, 11) is 1.61. The van der Waals surface area contributed by atoms with E-state index in [1.165, 1.54) is 19.8 Å². The van der Waals surface area contributed by atoms with Gasteiger partial charge in [0.1, 0.15) is 5.78 Å². The maximum atomic E-state index is 11.0. The molecule has 0 aromatic rings. The van der Waals surface area contributed by atoms with Gasteiger partial charge >= 0.3 is 5.97 Å². The fourth-order valence-electron chi connectivity index (χ4n) is 1.89. The van der Waals surface area contributed by atoms with Crippen LogP contribution >= 0.6 is 23.2 Å². The number of aliphatic hydroxyl groups is 2. The number of carbonyl (C=O) groups is 4. The summed E-state index contributed by atoms with van der Waals surface area (Å²) < 4.78 is 14.6. The third kappa shape index (κ3) is 48.4. The molecule has 0 spiro atoms. The van der Waals surface area contributed by atoms with E-state index in [-0.39, 0.29) is 45.2 Å². The zero-order valence-electron chi connectivity index (χ0n) is 19.8. The zero-order chi connectivity index (χ0) is 25.7. The van der Waals surface area contributed by atoms with E-state index in [0.717, 1.165) is 19.6 Å². The summed E-state index contributed by atoms with van der Waals surface area (Å²) in [4.78, 5) is 41.6. The lowest BCUT2D eigenvalue weighted by atomic mass is 10.2. The van der Waals surface area contributed by atoms with Gasteiger partial charge < -0.3 is 29.2 Å². The minimum Gasteiger partial charge on any atom is -0.466 e. The van der Waals surface area contributed by atoms with Crippen LogP contribution in [0.15, 0.2) is 0 Å². The highest BCUT2D eigenvalue weighted by Gasteiger charge is 2.03. The lowest BCUT2D eigenvalue weighted by Crippen LogP contribution is -2.07. The van der Waals surface area contributed by atoms with Crippen molar-refractivity contribution in [1.82, 2.24) is 0 Å². The van der Waals surface area contributed by atoms with E-state index < -0.39 is 10.5 Å². The van der Waals surface area contributed by atoms with E-state index in [2.05, 4.69) is 0 Å². The summed E-state index contributed by atoms with van der Waals surface area (Å²) in [5, 5.41) is 15.0. The normalized spacial score (nSPS) is 11.2. The molecule has 1 aliphatic heterocycles. The number of halogens is 2. The second-order valence-corrected chi connectivity index (χ2v) is 7.65. The Labute approximate surface area is 214 Å². The molecule has 0 atom stereocenters. The Kier molecular flexibility index (Phi) is 40.2. The molecule has 0 bridgehead atoms. The SMILES string of the molecule is C.C1CCOC1.COCCCOC(=O)CCCC(C)=O.O=C(Cl)CCCC(=O)Cl.OCCCO. The van der Waals surface area contributed by atoms with Crippen LogP contribution in [0.1, 0.15) is 78.6 Å². The van der Waals surface area contributed by atoms with Gasteiger partial charge in [0, 0.05) is 72.2 Å². The number of methoxy groups -OCH3 is 1. The van der Waals surface area contributed by atoms with Crippen molar-refractivity contribution in [3.05, 3.63) is 0 Å². The van der Waals surface area contributed by atoms with Gasteiger partial charge in [-0.05, 0) is 62.2 Å². The average Bonchev–Trinajstić information content (AvgIpc) is 3.32. The van der Waals surface area contributed by atoms with Gasteiger partial charge in [-0.3, -0.25) is 14.4 Å². The van der Waals surface area contributed by atoms with Crippen LogP contribution in [0.25, 0.3) is 0 Å². The van der Waals surface area contributed by atoms with Crippen LogP contribution < -0.4 is 0 Å². The van der Waals surface area contributed by atoms with E-state index in [4.69, 9.17) is 47.6 Å². The number of carbonyl (C=O) groups excluding carboxylic acids is 4. The van der Waals surface area contributed by atoms with Crippen LogP contribution in [0.2, 0.25) is 0 Å². The van der Waals surface area contributed by atoms with E-state index in [1.807, 2.05) is 0 Å². The Hall–Kier alpha value is -1.10. The summed E-state index contributed by atoms with van der Waals surface area (Å²) in [6, 6.07) is 0. The molecular formula is C23H44Cl2O9. The van der Waals surface area contributed by atoms with Gasteiger partial charge in [-0.2, -0.15) is 0 Å². The molecule has 1 heterocycles. The molecule has 0 unspecified atom stereocenters. The zero-order valence-corrected chi connectivity index (χ0v) is 21.3. The van der Waals surface area contributed by atoms with Gasteiger partial charge in [0.15, 0.2) is 0 Å². The molecule has 204 valence electrons. The Morgan fingerprint density at radius 3 is 1.62 bits per heavy atom. The highest BCUT2D eigenvalue weighted by molar-refractivity contribution is 6.64. The summed E-state index contributed by atoms with van der Waals surface area (Å²) in [5.41, 5.74) is 0. The molecule has 9 nitrogen and oxygen atoms in total. The van der Waals surface area contributed by atoms with Crippen LogP contribution in [0.4, 0.5) is 0 Å². The molecule has 11 heteroatoms. The first-order valence-corrected chi connectivity index (χ1v) is 11.8. The Bertz CT molecular complexity index is 461. The summed E-state index contributed by atoms with van der Waals surface area (Å²) in [5.74, 6) is -0.125. The van der Waals surface area contributed by atoms with Crippen molar-refractivity contribution in [2.24, 2.45) is 0 Å². The predicted octanol–water partition coefficient (Wildman–Crippen LogP) is 3.81. The number of ether oxygens (including phenoxy) is 3. The summed E-state index contributed by atoms with van der Waals surface area (Å²) in [6.07, 6.45) is 6.03. The molecule has 0 aliphatic carbocycles. The van der Waals surface area contributed by atoms with Gasteiger partial charge in [0.05, 0.1) is 6.61 Å². The number of rotatable bonds is 14. The highest BCUT2D eigenvalue weighted by atomic mass is 35.5. The molecule has 2 N–H and O–H groups in total. The molecular weight excluding hydrogens is 491 g/mol. The Morgan fingerprint density at radius 2 is 1.29 bits per heavy atom. The molecule has 0 aromatic carbocycles. The predicted molar refractivity (Wildman–Crippen MR) is 133 cm³/mol. The van der Waals surface area contributed by atoms with Gasteiger partial charge in [-0.25, -0.2) is 0 Å². The molecule has 0 radical (unpaired) electrons. The third-order valence-electron chi connectivity index (χ3n) is 3.56. The van der Waals surface area contributed by atoms with Crippen molar-refractivity contribution in [3.8, 4) is 0 Å². The second kappa shape index (κ2) is 34.1. The van der Waals surface area contributed by atoms with Gasteiger partial charge in [-0.1, -0.05) is 7.43 Å². The molecule has 1 fully saturated rings. The minimum atomic E-state index is -0.423. The first kappa shape index (κ1) is 40.1. The molecule has 1 rings (SSSR count). The van der Waals surface area contributed by atoms with Crippen molar-refractivity contribution >= 4 is 45.4 Å². The first-order valence-electron chi connectivity index (χ1n) is 11.0. The van der Waals surface area contributed by atoms with Crippen LogP contribution in [0.5, 0.6) is 0 Å². The maximum Gasteiger partial charge on any atom is 0.305 e. The van der Waals surface area contributed by atoms with E-state index in [9.17, 15) is 19.2 Å². The lowest BCUT2D eigenvalue weighted by Gasteiger charge is -2.03. The highest BCUT2D eigenvalue weighted by Crippen LogP contribution is 2.01. The number of esters is 1. The van der Waals surface area contributed by atoms with E-state index >= 15 is 0 Å². The van der Waals surface area contributed by atoms with Crippen LogP contribution in [-0.2, 0) is 33.4 Å². The van der Waals surface area contributed by atoms with Crippen LogP contribution in [-0.4, -0.2) is 79.2 Å². The summed E-state index contributed by atoms with van der Waals surface area (Å²) in [6.45, 7) is 4.70. The Balaban J connectivity index is -0.000000192. The molecule has 0 aromatic heterocycles. The second-order valence-electron chi connectivity index (χ2n) is 6.81. The molecule has 1 saturated heterocycles. The van der Waals surface area contributed by atoms with Crippen molar-refractivity contribution in [2.75, 3.05) is 46.8 Å². The van der Waals surface area contributed by atoms with Crippen molar-refractivity contribution < 1.29 is 43.6 Å². The van der Waals surface area contributed by atoms with Crippen LogP contribution in [0, 0.1) is 0 Å². The van der Waals surface area contributed by atoms with E-state index in [0.29, 0.717) is 45.3 Å². The van der Waals surface area contributed by atoms with E-state index in [1.54, 1.807) is 7.11 Å². The summed E-state index contributed by atoms with van der Waals surface area (Å²) >= 11 is 9.94. The molecule has 0 saturated carbocycles. The van der Waals surface area contributed by atoms with Crippen molar-refractivity contribution in [2.45, 2.75) is 78.6 Å². The van der Waals surface area contributed by atoms with Crippen LogP contribution in [0.3, 0.4) is 0 Å². The smallest absolute Gasteiger partial charge is 0.305 e. The standard InChI is InChI=1S/C10H18O4.C5H6Cl2O2.C4H8O.C3H8O2.CH4/c1-9(11)5-3-6-10(12)14-8-4-7-13-2;6-4(8)2-1-3-5(7)9;1-2-4-5-3-1;4-2-1-3-5;/h3-8H2,1-2H3;1-3H2;1-4H2;4-5H,1-3H2;1H4. The molecule has 34 heavy (non-hydrogen) atoms. The van der Waals surface area contributed by atoms with Gasteiger partial charge in [0.25, 0.3) is 0 Å². The number of hydrogen-bond acceptors (Lipinski definition) is 9. The number of Topliss-reactive ketones (excluding diaryl/α,β-unsaturated/α-hetero) is 1. The van der Waals surface area contributed by atoms with Gasteiger partial charge in [0.2, 0.25) is 10.5 Å². The fraction of sp³-hybridized carbons (Fsp3) is 0.826. The fourth-order valence-corrected chi connectivity index (χ4v) is 2.16. The average molecular weight is 536 g/mol. The number of ketones is 1. The largest absolute Gasteiger partial charge is 0.466 e. The Morgan fingerprint density at radius 1 is 0.794 bits per heavy atom. The molecule has 1 aliphatic rings. The monoisotopic (exact) mass is 534 g/mol. The third-order valence-corrected chi connectivity index (χ3v) is 3.93. The molecule has 0 amide bonds. The number of hydrogen-bond donors (Lipinski definition) is 2.